The molecule has 0 saturated carbocycles. The summed E-state index contributed by atoms with van der Waals surface area (Å²) in [6, 6.07) is 9.89. The SMILES string of the molecule is CCCCCCCCCCCC(=O)N(CC(=O)Nc1nc(-c2ccccc2)cs1)CC(C)C. The maximum atomic E-state index is 12.8. The number of nitrogens with one attached hydrogen (secondary N) is 1. The van der Waals surface area contributed by atoms with Gasteiger partial charge in [-0.15, -0.1) is 11.3 Å². The molecule has 2 amide bonds. The molecule has 1 aromatic heterocycles. The number of thiazole rings is 1. The highest BCUT2D eigenvalue weighted by molar-refractivity contribution is 7.14. The van der Waals surface area contributed by atoms with Crippen LogP contribution in [0, 0.1) is 5.92 Å². The molecule has 1 heterocycles. The molecule has 0 atom stereocenters. The Hall–Kier alpha value is -2.21. The molecule has 5 nitrogen and oxygen atoms in total. The molecular formula is C27H41N3O2S. The van der Waals surface area contributed by atoms with Crippen molar-refractivity contribution in [3.8, 4) is 11.3 Å². The Morgan fingerprint density at radius 3 is 2.24 bits per heavy atom. The number of hydrogen-bond donors (Lipinski definition) is 1. The quantitative estimate of drug-likeness (QED) is 0.264. The molecule has 2 rings (SSSR count). The van der Waals surface area contributed by atoms with Gasteiger partial charge in [0.15, 0.2) is 5.13 Å². The monoisotopic (exact) mass is 471 g/mol. The molecule has 0 aliphatic carbocycles. The van der Waals surface area contributed by atoms with Crippen LogP contribution in [0.15, 0.2) is 35.7 Å². The molecule has 0 unspecified atom stereocenters. The summed E-state index contributed by atoms with van der Waals surface area (Å²) in [4.78, 5) is 31.7. The van der Waals surface area contributed by atoms with Crippen molar-refractivity contribution in [1.82, 2.24) is 9.88 Å². The molecule has 0 bridgehead atoms. The molecular weight excluding hydrogens is 430 g/mol. The van der Waals surface area contributed by atoms with Crippen molar-refractivity contribution in [2.45, 2.75) is 85.0 Å². The highest BCUT2D eigenvalue weighted by Crippen LogP contribution is 2.24. The number of unbranched alkanes of at least 4 members (excludes halogenated alkanes) is 8. The van der Waals surface area contributed by atoms with Gasteiger partial charge in [0.1, 0.15) is 0 Å². The van der Waals surface area contributed by atoms with Crippen LogP contribution >= 0.6 is 11.3 Å². The average Bonchev–Trinajstić information content (AvgIpc) is 3.26. The fraction of sp³-hybridized carbons (Fsp3) is 0.593. The Morgan fingerprint density at radius 2 is 1.61 bits per heavy atom. The predicted molar refractivity (Wildman–Crippen MR) is 139 cm³/mol. The minimum atomic E-state index is -0.190. The molecule has 0 radical (unpaired) electrons. The van der Waals surface area contributed by atoms with Crippen LogP contribution in [0.3, 0.4) is 0 Å². The lowest BCUT2D eigenvalue weighted by Gasteiger charge is -2.24. The van der Waals surface area contributed by atoms with Crippen LogP contribution in [-0.2, 0) is 9.59 Å². The molecule has 2 aromatic rings. The second-order valence-electron chi connectivity index (χ2n) is 9.20. The summed E-state index contributed by atoms with van der Waals surface area (Å²) in [5.74, 6) is 0.199. The Morgan fingerprint density at radius 1 is 0.970 bits per heavy atom. The molecule has 1 N–H and O–H groups in total. The van der Waals surface area contributed by atoms with Crippen LogP contribution in [0.4, 0.5) is 5.13 Å². The Kier molecular flexibility index (Phi) is 12.8. The Bertz CT molecular complexity index is 820. The van der Waals surface area contributed by atoms with Gasteiger partial charge in [-0.05, 0) is 12.3 Å². The minimum absolute atomic E-state index is 0.0749. The molecule has 0 aliphatic rings. The maximum absolute atomic E-state index is 12.8. The van der Waals surface area contributed by atoms with E-state index in [9.17, 15) is 9.59 Å². The van der Waals surface area contributed by atoms with Gasteiger partial charge >= 0.3 is 0 Å². The summed E-state index contributed by atoms with van der Waals surface area (Å²) >= 11 is 1.40. The maximum Gasteiger partial charge on any atom is 0.245 e. The molecule has 0 spiro atoms. The highest BCUT2D eigenvalue weighted by Gasteiger charge is 2.19. The fourth-order valence-corrected chi connectivity index (χ4v) is 4.58. The minimum Gasteiger partial charge on any atom is -0.333 e. The first-order valence-corrected chi connectivity index (χ1v) is 13.5. The van der Waals surface area contributed by atoms with Crippen LogP contribution in [0.1, 0.15) is 85.0 Å². The average molecular weight is 472 g/mol. The van der Waals surface area contributed by atoms with Gasteiger partial charge in [-0.2, -0.15) is 0 Å². The van der Waals surface area contributed by atoms with Crippen LogP contribution in [0.2, 0.25) is 0 Å². The molecule has 0 saturated heterocycles. The van der Waals surface area contributed by atoms with Gasteiger partial charge in [0.05, 0.1) is 12.2 Å². The van der Waals surface area contributed by atoms with Crippen molar-refractivity contribution in [3.05, 3.63) is 35.7 Å². The standard InChI is InChI=1S/C27H41N3O2S/c1-4-5-6-7-8-9-10-11-15-18-26(32)30(19-22(2)3)20-25(31)29-27-28-24(21-33-27)23-16-13-12-14-17-23/h12-14,16-17,21-22H,4-11,15,18-20H2,1-3H3,(H,28,29,31). The summed E-state index contributed by atoms with van der Waals surface area (Å²) < 4.78 is 0. The van der Waals surface area contributed by atoms with E-state index >= 15 is 0 Å². The zero-order valence-corrected chi connectivity index (χ0v) is 21.5. The van der Waals surface area contributed by atoms with Crippen LogP contribution in [-0.4, -0.2) is 34.8 Å². The summed E-state index contributed by atoms with van der Waals surface area (Å²) in [7, 11) is 0. The van der Waals surface area contributed by atoms with Crippen LogP contribution in [0.25, 0.3) is 11.3 Å². The number of aromatic nitrogens is 1. The van der Waals surface area contributed by atoms with Crippen LogP contribution < -0.4 is 5.32 Å². The van der Waals surface area contributed by atoms with Crippen molar-refractivity contribution >= 4 is 28.3 Å². The lowest BCUT2D eigenvalue weighted by atomic mass is 10.1. The number of benzene rings is 1. The van der Waals surface area contributed by atoms with E-state index < -0.39 is 0 Å². The topological polar surface area (TPSA) is 62.3 Å². The third-order valence-corrected chi connectivity index (χ3v) is 6.34. The first kappa shape index (κ1) is 27.0. The number of rotatable bonds is 16. The van der Waals surface area contributed by atoms with Gasteiger partial charge in [-0.3, -0.25) is 9.59 Å². The van der Waals surface area contributed by atoms with Gasteiger partial charge < -0.3 is 10.2 Å². The molecule has 1 aromatic carbocycles. The zero-order valence-electron chi connectivity index (χ0n) is 20.6. The van der Waals surface area contributed by atoms with Crippen molar-refractivity contribution < 1.29 is 9.59 Å². The Labute approximate surface area is 204 Å². The van der Waals surface area contributed by atoms with E-state index in [2.05, 4.69) is 31.1 Å². The number of amides is 2. The van der Waals surface area contributed by atoms with Crippen molar-refractivity contribution in [2.24, 2.45) is 5.92 Å². The van der Waals surface area contributed by atoms with E-state index in [-0.39, 0.29) is 18.4 Å². The lowest BCUT2D eigenvalue weighted by molar-refractivity contribution is -0.135. The first-order valence-electron chi connectivity index (χ1n) is 12.6. The Balaban J connectivity index is 1.75. The number of carbonyl (C=O) groups excluding carboxylic acids is 2. The summed E-state index contributed by atoms with van der Waals surface area (Å²) in [6.07, 6.45) is 11.6. The lowest BCUT2D eigenvalue weighted by Crippen LogP contribution is -2.40. The van der Waals surface area contributed by atoms with Gasteiger partial charge in [0, 0.05) is 23.9 Å². The van der Waals surface area contributed by atoms with E-state index in [1.807, 2.05) is 35.7 Å². The number of nitrogens with zero attached hydrogens (tertiary/aromatic N) is 2. The van der Waals surface area contributed by atoms with Crippen molar-refractivity contribution in [2.75, 3.05) is 18.4 Å². The van der Waals surface area contributed by atoms with E-state index in [4.69, 9.17) is 0 Å². The van der Waals surface area contributed by atoms with Gasteiger partial charge in [-0.1, -0.05) is 102 Å². The van der Waals surface area contributed by atoms with Gasteiger partial charge in [-0.25, -0.2) is 4.98 Å². The third kappa shape index (κ3) is 11.0. The number of hydrogen-bond acceptors (Lipinski definition) is 4. The highest BCUT2D eigenvalue weighted by atomic mass is 32.1. The largest absolute Gasteiger partial charge is 0.333 e. The van der Waals surface area contributed by atoms with Gasteiger partial charge in [0.2, 0.25) is 11.8 Å². The van der Waals surface area contributed by atoms with E-state index in [0.717, 1.165) is 24.1 Å². The van der Waals surface area contributed by atoms with Crippen molar-refractivity contribution in [1.29, 1.82) is 0 Å². The van der Waals surface area contributed by atoms with Crippen molar-refractivity contribution in [3.63, 3.8) is 0 Å². The molecule has 33 heavy (non-hydrogen) atoms. The molecule has 0 aliphatic heterocycles. The van der Waals surface area contributed by atoms with Crippen LogP contribution in [0.5, 0.6) is 0 Å². The second-order valence-corrected chi connectivity index (χ2v) is 10.1. The summed E-state index contributed by atoms with van der Waals surface area (Å²) in [5, 5.41) is 5.37. The molecule has 0 fully saturated rings. The van der Waals surface area contributed by atoms with E-state index in [0.29, 0.717) is 24.0 Å². The molecule has 6 heteroatoms. The normalized spacial score (nSPS) is 11.0. The van der Waals surface area contributed by atoms with Gasteiger partial charge in [0.25, 0.3) is 0 Å². The number of carbonyl (C=O) groups is 2. The van der Waals surface area contributed by atoms with E-state index in [1.54, 1.807) is 4.90 Å². The first-order chi connectivity index (χ1) is 16.0. The summed E-state index contributed by atoms with van der Waals surface area (Å²) in [5.41, 5.74) is 1.86. The molecule has 182 valence electrons. The third-order valence-electron chi connectivity index (χ3n) is 5.59. The summed E-state index contributed by atoms with van der Waals surface area (Å²) in [6.45, 7) is 7.06. The number of anilines is 1. The smallest absolute Gasteiger partial charge is 0.245 e. The fourth-order valence-electron chi connectivity index (χ4n) is 3.85. The zero-order chi connectivity index (χ0) is 23.9. The second kappa shape index (κ2) is 15.6. The van der Waals surface area contributed by atoms with E-state index in [1.165, 1.54) is 56.3 Å². The predicted octanol–water partition coefficient (Wildman–Crippen LogP) is 7.15.